The van der Waals surface area contributed by atoms with Crippen LogP contribution < -0.4 is 5.32 Å². The Hall–Kier alpha value is -0.520. The molecule has 0 saturated carbocycles. The number of thiazole rings is 1. The molecule has 3 heterocycles. The van der Waals surface area contributed by atoms with Crippen LogP contribution >= 0.6 is 34.4 Å². The molecule has 0 aromatic carbocycles. The van der Waals surface area contributed by atoms with Gasteiger partial charge in [-0.25, -0.2) is 4.98 Å². The van der Waals surface area contributed by atoms with Crippen LogP contribution in [0.2, 0.25) is 0 Å². The van der Waals surface area contributed by atoms with Crippen LogP contribution in [0.5, 0.6) is 0 Å². The van der Waals surface area contributed by atoms with Crippen LogP contribution in [-0.4, -0.2) is 11.5 Å². The topological polar surface area (TPSA) is 24.9 Å². The van der Waals surface area contributed by atoms with Gasteiger partial charge in [-0.15, -0.1) is 34.4 Å². The Morgan fingerprint density at radius 3 is 3.36 bits per heavy atom. The predicted octanol–water partition coefficient (Wildman–Crippen LogP) is 3.46. The monoisotopic (exact) mass is 240 g/mol. The lowest BCUT2D eigenvalue weighted by Crippen LogP contribution is -2.13. The van der Waals surface area contributed by atoms with Crippen LogP contribution in [0.4, 0.5) is 5.00 Å². The third-order valence-electron chi connectivity index (χ3n) is 2.13. The fourth-order valence-corrected chi connectivity index (χ4v) is 4.25. The van der Waals surface area contributed by atoms with Crippen LogP contribution in [0, 0.1) is 0 Å². The van der Waals surface area contributed by atoms with Crippen molar-refractivity contribution in [3.05, 3.63) is 28.0 Å². The highest BCUT2D eigenvalue weighted by Crippen LogP contribution is 2.45. The van der Waals surface area contributed by atoms with Gasteiger partial charge >= 0.3 is 0 Å². The molecule has 0 radical (unpaired) electrons. The summed E-state index contributed by atoms with van der Waals surface area (Å²) >= 11 is 5.36. The Kier molecular flexibility index (Phi) is 2.23. The van der Waals surface area contributed by atoms with E-state index in [-0.39, 0.29) is 0 Å². The zero-order valence-corrected chi connectivity index (χ0v) is 9.72. The van der Waals surface area contributed by atoms with Crippen molar-refractivity contribution in [3.8, 4) is 0 Å². The molecule has 0 bridgehead atoms. The van der Waals surface area contributed by atoms with Gasteiger partial charge < -0.3 is 5.32 Å². The van der Waals surface area contributed by atoms with E-state index in [4.69, 9.17) is 0 Å². The molecule has 72 valence electrons. The molecule has 1 unspecified atom stereocenters. The number of aromatic nitrogens is 1. The first-order chi connectivity index (χ1) is 6.93. The summed E-state index contributed by atoms with van der Waals surface area (Å²) in [4.78, 5) is 5.72. The summed E-state index contributed by atoms with van der Waals surface area (Å²) in [6.45, 7) is 0.988. The highest BCUT2D eigenvalue weighted by atomic mass is 32.2. The van der Waals surface area contributed by atoms with Crippen LogP contribution in [-0.2, 0) is 0 Å². The SMILES string of the molecule is c1nc(C2CNc3sccc3S2)cs1. The van der Waals surface area contributed by atoms with Gasteiger partial charge in [0, 0.05) is 16.8 Å². The van der Waals surface area contributed by atoms with Gasteiger partial charge in [-0.05, 0) is 11.4 Å². The molecular formula is C9H8N2S3. The molecule has 5 heteroatoms. The average Bonchev–Trinajstić information content (AvgIpc) is 2.88. The van der Waals surface area contributed by atoms with Gasteiger partial charge in [-0.1, -0.05) is 0 Å². The minimum atomic E-state index is 0.475. The number of nitrogens with zero attached hydrogens (tertiary/aromatic N) is 1. The summed E-state index contributed by atoms with van der Waals surface area (Å²) in [6, 6.07) is 2.18. The van der Waals surface area contributed by atoms with Crippen LogP contribution in [0.1, 0.15) is 10.9 Å². The zero-order chi connectivity index (χ0) is 9.38. The van der Waals surface area contributed by atoms with E-state index in [9.17, 15) is 0 Å². The number of anilines is 1. The number of rotatable bonds is 1. The van der Waals surface area contributed by atoms with Gasteiger partial charge in [0.1, 0.15) is 5.00 Å². The molecule has 0 saturated heterocycles. The fourth-order valence-electron chi connectivity index (χ4n) is 1.45. The van der Waals surface area contributed by atoms with Crippen LogP contribution in [0.15, 0.2) is 27.2 Å². The van der Waals surface area contributed by atoms with Crippen molar-refractivity contribution in [2.24, 2.45) is 0 Å². The molecule has 1 atom stereocenters. The van der Waals surface area contributed by atoms with Crippen LogP contribution in [0.3, 0.4) is 0 Å². The molecule has 0 spiro atoms. The fraction of sp³-hybridized carbons (Fsp3) is 0.222. The van der Waals surface area contributed by atoms with Crippen molar-refractivity contribution >= 4 is 39.4 Å². The molecule has 2 nitrogen and oxygen atoms in total. The molecule has 0 fully saturated rings. The van der Waals surface area contributed by atoms with Gasteiger partial charge in [0.15, 0.2) is 0 Å². The van der Waals surface area contributed by atoms with E-state index < -0.39 is 0 Å². The van der Waals surface area contributed by atoms with Gasteiger partial charge in [-0.2, -0.15) is 0 Å². The van der Waals surface area contributed by atoms with E-state index in [1.54, 1.807) is 22.7 Å². The number of nitrogens with one attached hydrogen (secondary N) is 1. The summed E-state index contributed by atoms with van der Waals surface area (Å²) < 4.78 is 0. The Labute approximate surface area is 94.4 Å². The van der Waals surface area contributed by atoms with Gasteiger partial charge in [-0.3, -0.25) is 0 Å². The predicted molar refractivity (Wildman–Crippen MR) is 63.5 cm³/mol. The molecule has 3 rings (SSSR count). The quantitative estimate of drug-likeness (QED) is 0.826. The normalized spacial score (nSPS) is 20.1. The first-order valence-electron chi connectivity index (χ1n) is 4.29. The summed E-state index contributed by atoms with van der Waals surface area (Å²) in [5.41, 5.74) is 3.10. The van der Waals surface area contributed by atoms with Crippen molar-refractivity contribution < 1.29 is 0 Å². The summed E-state index contributed by atoms with van der Waals surface area (Å²) in [7, 11) is 0. The molecular weight excluding hydrogens is 232 g/mol. The van der Waals surface area contributed by atoms with Gasteiger partial charge in [0.05, 0.1) is 16.5 Å². The van der Waals surface area contributed by atoms with E-state index in [0.717, 1.165) is 6.54 Å². The Morgan fingerprint density at radius 1 is 1.50 bits per heavy atom. The lowest BCUT2D eigenvalue weighted by molar-refractivity contribution is 0.936. The first kappa shape index (κ1) is 8.76. The molecule has 1 N–H and O–H groups in total. The Balaban J connectivity index is 1.88. The second kappa shape index (κ2) is 3.56. The van der Waals surface area contributed by atoms with Crippen molar-refractivity contribution in [2.45, 2.75) is 10.1 Å². The molecule has 0 aliphatic carbocycles. The van der Waals surface area contributed by atoms with Crippen molar-refractivity contribution in [2.75, 3.05) is 11.9 Å². The van der Waals surface area contributed by atoms with E-state index >= 15 is 0 Å². The second-order valence-corrected chi connectivity index (χ2v) is 5.89. The van der Waals surface area contributed by atoms with Crippen molar-refractivity contribution in [1.29, 1.82) is 0 Å². The summed E-state index contributed by atoms with van der Waals surface area (Å²) in [6.07, 6.45) is 0. The highest BCUT2D eigenvalue weighted by Gasteiger charge is 2.22. The maximum Gasteiger partial charge on any atom is 0.102 e. The van der Waals surface area contributed by atoms with E-state index in [1.807, 2.05) is 17.3 Å². The third-order valence-corrected chi connectivity index (χ3v) is 5.02. The van der Waals surface area contributed by atoms with Crippen molar-refractivity contribution in [1.82, 2.24) is 4.98 Å². The molecule has 0 amide bonds. The maximum atomic E-state index is 4.36. The molecule has 14 heavy (non-hydrogen) atoms. The minimum absolute atomic E-state index is 0.475. The lowest BCUT2D eigenvalue weighted by Gasteiger charge is -2.21. The Bertz CT molecular complexity index is 421. The Morgan fingerprint density at radius 2 is 2.50 bits per heavy atom. The minimum Gasteiger partial charge on any atom is -0.374 e. The standard InChI is InChI=1S/C9H8N2S3/c1-2-13-9-7(1)14-8(3-10-9)6-4-12-5-11-6/h1-2,4-5,8,10H,3H2. The van der Waals surface area contributed by atoms with E-state index in [0.29, 0.717) is 5.25 Å². The number of thioether (sulfide) groups is 1. The maximum absolute atomic E-state index is 4.36. The number of fused-ring (bicyclic) bond motifs is 1. The van der Waals surface area contributed by atoms with Crippen molar-refractivity contribution in [3.63, 3.8) is 0 Å². The average molecular weight is 240 g/mol. The largest absolute Gasteiger partial charge is 0.374 e. The van der Waals surface area contributed by atoms with Crippen LogP contribution in [0.25, 0.3) is 0 Å². The lowest BCUT2D eigenvalue weighted by atomic mass is 10.3. The molecule has 2 aromatic heterocycles. The molecule has 1 aliphatic heterocycles. The van der Waals surface area contributed by atoms with Gasteiger partial charge in [0.2, 0.25) is 0 Å². The second-order valence-electron chi connectivity index (χ2n) is 3.01. The molecule has 1 aliphatic rings. The first-order valence-corrected chi connectivity index (χ1v) is 7.00. The zero-order valence-electron chi connectivity index (χ0n) is 7.27. The number of hydrogen-bond acceptors (Lipinski definition) is 5. The smallest absolute Gasteiger partial charge is 0.102 e. The van der Waals surface area contributed by atoms with Gasteiger partial charge in [0.25, 0.3) is 0 Å². The highest BCUT2D eigenvalue weighted by molar-refractivity contribution is 8.00. The third kappa shape index (κ3) is 1.45. The summed E-state index contributed by atoms with van der Waals surface area (Å²) in [5.74, 6) is 0. The van der Waals surface area contributed by atoms with E-state index in [2.05, 4.69) is 27.1 Å². The number of thiophene rings is 1. The number of hydrogen-bond donors (Lipinski definition) is 1. The molecule has 2 aromatic rings. The van der Waals surface area contributed by atoms with E-state index in [1.165, 1.54) is 15.6 Å². The summed E-state index contributed by atoms with van der Waals surface area (Å²) in [5, 5.41) is 9.49.